The highest BCUT2D eigenvalue weighted by atomic mass is 19.1. The van der Waals surface area contributed by atoms with Gasteiger partial charge in [-0.25, -0.2) is 13.9 Å². The van der Waals surface area contributed by atoms with E-state index in [1.165, 1.54) is 12.1 Å². The Balaban J connectivity index is 1.84. The fourth-order valence-corrected chi connectivity index (χ4v) is 3.42. The topological polar surface area (TPSA) is 64.4 Å². The van der Waals surface area contributed by atoms with Crippen LogP contribution in [0, 0.1) is 5.82 Å². The minimum absolute atomic E-state index is 0.222. The predicted molar refractivity (Wildman–Crippen MR) is 98.4 cm³/mol. The van der Waals surface area contributed by atoms with E-state index in [1.807, 2.05) is 13.8 Å². The molecule has 0 bridgehead atoms. The Morgan fingerprint density at radius 2 is 1.81 bits per heavy atom. The molecule has 6 nitrogen and oxygen atoms in total. The van der Waals surface area contributed by atoms with Crippen molar-refractivity contribution >= 4 is 11.9 Å². The number of hydrogen-bond acceptors (Lipinski definition) is 4. The molecule has 1 aromatic heterocycles. The average Bonchev–Trinajstić information content (AvgIpc) is 3.07. The van der Waals surface area contributed by atoms with Gasteiger partial charge in [0.2, 0.25) is 0 Å². The van der Waals surface area contributed by atoms with Gasteiger partial charge in [-0.3, -0.25) is 4.79 Å². The summed E-state index contributed by atoms with van der Waals surface area (Å²) in [6.07, 6.45) is 3.52. The van der Waals surface area contributed by atoms with Crippen LogP contribution in [0.5, 0.6) is 0 Å². The number of fused-ring (bicyclic) bond motifs is 1. The summed E-state index contributed by atoms with van der Waals surface area (Å²) >= 11 is 0. The molecule has 2 aromatic rings. The first-order valence-electron chi connectivity index (χ1n) is 9.36. The molecule has 0 unspecified atom stereocenters. The second-order valence-corrected chi connectivity index (χ2v) is 6.51. The highest BCUT2D eigenvalue weighted by molar-refractivity contribution is 5.91. The second-order valence-electron chi connectivity index (χ2n) is 6.51. The molecule has 0 radical (unpaired) electrons. The van der Waals surface area contributed by atoms with E-state index in [9.17, 15) is 14.0 Å². The van der Waals surface area contributed by atoms with Crippen LogP contribution in [-0.2, 0) is 22.4 Å². The van der Waals surface area contributed by atoms with Gasteiger partial charge in [0.15, 0.2) is 12.3 Å². The van der Waals surface area contributed by atoms with E-state index in [0.717, 1.165) is 36.9 Å². The molecule has 1 aliphatic carbocycles. The Labute approximate surface area is 157 Å². The summed E-state index contributed by atoms with van der Waals surface area (Å²) in [5.74, 6) is -1.14. The van der Waals surface area contributed by atoms with Gasteiger partial charge in [0, 0.05) is 24.3 Å². The third-order valence-electron chi connectivity index (χ3n) is 4.89. The van der Waals surface area contributed by atoms with Crippen LogP contribution in [-0.4, -0.2) is 46.3 Å². The quantitative estimate of drug-likeness (QED) is 0.731. The maximum atomic E-state index is 13.2. The molecule has 27 heavy (non-hydrogen) atoms. The molecule has 3 rings (SSSR count). The van der Waals surface area contributed by atoms with E-state index < -0.39 is 5.97 Å². The van der Waals surface area contributed by atoms with Gasteiger partial charge < -0.3 is 9.64 Å². The average molecular weight is 373 g/mol. The third-order valence-corrected chi connectivity index (χ3v) is 4.89. The van der Waals surface area contributed by atoms with Crippen molar-refractivity contribution in [2.24, 2.45) is 0 Å². The van der Waals surface area contributed by atoms with Gasteiger partial charge in [0.25, 0.3) is 5.91 Å². The van der Waals surface area contributed by atoms with Gasteiger partial charge in [-0.2, -0.15) is 5.10 Å². The van der Waals surface area contributed by atoms with E-state index >= 15 is 0 Å². The summed E-state index contributed by atoms with van der Waals surface area (Å²) in [5.41, 5.74) is 2.77. The number of nitrogens with zero attached hydrogens (tertiary/aromatic N) is 3. The van der Waals surface area contributed by atoms with Gasteiger partial charge in [0.1, 0.15) is 5.82 Å². The fraction of sp³-hybridized carbons (Fsp3) is 0.450. The Bertz CT molecular complexity index is 826. The Hall–Kier alpha value is -2.70. The van der Waals surface area contributed by atoms with Crippen molar-refractivity contribution in [3.05, 3.63) is 47.0 Å². The summed E-state index contributed by atoms with van der Waals surface area (Å²) in [7, 11) is 0. The monoisotopic (exact) mass is 373 g/mol. The molecule has 1 heterocycles. The largest absolute Gasteiger partial charge is 0.451 e. The Morgan fingerprint density at radius 1 is 1.15 bits per heavy atom. The number of halogens is 1. The Kier molecular flexibility index (Phi) is 5.88. The number of hydrogen-bond donors (Lipinski definition) is 0. The molecule has 0 saturated heterocycles. The zero-order chi connectivity index (χ0) is 19.4. The molecule has 0 atom stereocenters. The summed E-state index contributed by atoms with van der Waals surface area (Å²) in [6, 6.07) is 6.01. The van der Waals surface area contributed by atoms with Crippen molar-refractivity contribution in [1.82, 2.24) is 14.7 Å². The number of rotatable bonds is 6. The van der Waals surface area contributed by atoms with Crippen molar-refractivity contribution in [2.75, 3.05) is 19.7 Å². The van der Waals surface area contributed by atoms with Crippen LogP contribution in [0.15, 0.2) is 24.3 Å². The minimum Gasteiger partial charge on any atom is -0.451 e. The molecule has 0 aliphatic heterocycles. The smallest absolute Gasteiger partial charge is 0.359 e. The summed E-state index contributed by atoms with van der Waals surface area (Å²) in [6.45, 7) is 4.61. The number of esters is 1. The molecule has 0 spiro atoms. The van der Waals surface area contributed by atoms with Gasteiger partial charge in [-0.15, -0.1) is 0 Å². The molecule has 7 heteroatoms. The number of aromatic nitrogens is 2. The molecule has 1 aliphatic rings. The minimum atomic E-state index is -0.588. The lowest BCUT2D eigenvalue weighted by atomic mass is 9.95. The number of carbonyl (C=O) groups excluding carboxylic acids is 2. The fourth-order valence-electron chi connectivity index (χ4n) is 3.42. The van der Waals surface area contributed by atoms with Gasteiger partial charge in [-0.05, 0) is 63.8 Å². The van der Waals surface area contributed by atoms with Crippen molar-refractivity contribution in [3.63, 3.8) is 0 Å². The summed E-state index contributed by atoms with van der Waals surface area (Å²) in [4.78, 5) is 26.3. The van der Waals surface area contributed by atoms with Crippen molar-refractivity contribution in [2.45, 2.75) is 39.5 Å². The molecule has 0 N–H and O–H groups in total. The van der Waals surface area contributed by atoms with E-state index in [0.29, 0.717) is 18.8 Å². The standard InChI is InChI=1S/C20H24FN3O3/c1-3-23(4-2)18(25)13-27-20(26)19-16-7-5-6-8-17(16)24(22-19)15-11-9-14(21)10-12-15/h9-12H,3-8,13H2,1-2H3. The molecular weight excluding hydrogens is 349 g/mol. The van der Waals surface area contributed by atoms with Crippen LogP contribution in [0.3, 0.4) is 0 Å². The first kappa shape index (κ1) is 19.1. The zero-order valence-electron chi connectivity index (χ0n) is 15.7. The molecule has 1 amide bonds. The molecule has 144 valence electrons. The normalized spacial score (nSPS) is 13.1. The van der Waals surface area contributed by atoms with E-state index in [-0.39, 0.29) is 24.0 Å². The molecular formula is C20H24FN3O3. The highest BCUT2D eigenvalue weighted by Crippen LogP contribution is 2.27. The summed E-state index contributed by atoms with van der Waals surface area (Å²) < 4.78 is 20.2. The predicted octanol–water partition coefficient (Wildman–Crippen LogP) is 2.92. The molecule has 1 aromatic carbocycles. The van der Waals surface area contributed by atoms with E-state index in [1.54, 1.807) is 21.7 Å². The van der Waals surface area contributed by atoms with Crippen molar-refractivity contribution in [1.29, 1.82) is 0 Å². The number of benzene rings is 1. The maximum absolute atomic E-state index is 13.2. The molecule has 0 fully saturated rings. The molecule has 0 saturated carbocycles. The maximum Gasteiger partial charge on any atom is 0.359 e. The van der Waals surface area contributed by atoms with E-state index in [2.05, 4.69) is 5.10 Å². The SMILES string of the molecule is CCN(CC)C(=O)COC(=O)c1nn(-c2ccc(F)cc2)c2c1CCCC2. The third kappa shape index (κ3) is 4.02. The second kappa shape index (κ2) is 8.33. The lowest BCUT2D eigenvalue weighted by molar-refractivity contribution is -0.134. The highest BCUT2D eigenvalue weighted by Gasteiger charge is 2.27. The number of amides is 1. The Morgan fingerprint density at radius 3 is 2.48 bits per heavy atom. The zero-order valence-corrected chi connectivity index (χ0v) is 15.7. The number of ether oxygens (including phenoxy) is 1. The van der Waals surface area contributed by atoms with Crippen LogP contribution in [0.4, 0.5) is 4.39 Å². The van der Waals surface area contributed by atoms with Gasteiger partial charge in [0.05, 0.1) is 5.69 Å². The van der Waals surface area contributed by atoms with Gasteiger partial charge >= 0.3 is 5.97 Å². The van der Waals surface area contributed by atoms with Crippen LogP contribution in [0.1, 0.15) is 48.4 Å². The van der Waals surface area contributed by atoms with Crippen molar-refractivity contribution < 1.29 is 18.7 Å². The number of likely N-dealkylation sites (N-methyl/N-ethyl adjacent to an activating group) is 1. The van der Waals surface area contributed by atoms with Crippen LogP contribution in [0.25, 0.3) is 5.69 Å². The lowest BCUT2D eigenvalue weighted by Gasteiger charge is -2.18. The van der Waals surface area contributed by atoms with Crippen LogP contribution >= 0.6 is 0 Å². The van der Waals surface area contributed by atoms with E-state index in [4.69, 9.17) is 4.74 Å². The summed E-state index contributed by atoms with van der Waals surface area (Å²) in [5, 5.41) is 4.45. The number of carbonyl (C=O) groups is 2. The van der Waals surface area contributed by atoms with Crippen molar-refractivity contribution in [3.8, 4) is 5.69 Å². The first-order valence-corrected chi connectivity index (χ1v) is 9.36. The van der Waals surface area contributed by atoms with Gasteiger partial charge in [-0.1, -0.05) is 0 Å². The van der Waals surface area contributed by atoms with Crippen LogP contribution in [0.2, 0.25) is 0 Å². The lowest BCUT2D eigenvalue weighted by Crippen LogP contribution is -2.34. The first-order chi connectivity index (χ1) is 13.0. The van der Waals surface area contributed by atoms with Crippen LogP contribution < -0.4 is 0 Å².